The maximum absolute atomic E-state index is 13.0. The summed E-state index contributed by atoms with van der Waals surface area (Å²) in [5, 5.41) is 4.10. The van der Waals surface area contributed by atoms with E-state index in [2.05, 4.69) is 14.9 Å². The Kier molecular flexibility index (Phi) is 8.05. The van der Waals surface area contributed by atoms with Gasteiger partial charge >= 0.3 is 5.97 Å². The molecule has 12 heteroatoms. The quantitative estimate of drug-likeness (QED) is 0.200. The van der Waals surface area contributed by atoms with Crippen molar-refractivity contribution in [3.63, 3.8) is 0 Å². The van der Waals surface area contributed by atoms with Crippen molar-refractivity contribution < 1.29 is 23.2 Å². The number of hydrogen-bond donors (Lipinski definition) is 1. The molecule has 0 saturated heterocycles. The summed E-state index contributed by atoms with van der Waals surface area (Å²) < 4.78 is 19.1. The van der Waals surface area contributed by atoms with Crippen LogP contribution in [0.3, 0.4) is 0 Å². The standard InChI is InChI=1S/C34H38N6O6/c1-34(2,3)46-28(42)18-39(6)27-16-26(41)30-29(45-27)24(19-44-30)20-11-13-22(14-12-20)36-33-35-17-21-15-25(32(43)38(4)5)40(31(21)37-33)23-9-7-8-10-23/h11-17,19,23H,7-10,18H2,1-6H3,(H,35,36,37). The Morgan fingerprint density at radius 2 is 1.78 bits per heavy atom. The average molecular weight is 627 g/mol. The van der Waals surface area contributed by atoms with Crippen molar-refractivity contribution >= 4 is 51.6 Å². The lowest BCUT2D eigenvalue weighted by Gasteiger charge is -2.22. The van der Waals surface area contributed by atoms with Crippen LogP contribution < -0.4 is 15.6 Å². The van der Waals surface area contributed by atoms with Crippen molar-refractivity contribution in [3.8, 4) is 11.1 Å². The number of anilines is 3. The number of aromatic nitrogens is 3. The van der Waals surface area contributed by atoms with Gasteiger partial charge in [0, 0.05) is 44.5 Å². The number of ether oxygens (including phenoxy) is 1. The smallest absolute Gasteiger partial charge is 0.326 e. The van der Waals surface area contributed by atoms with E-state index in [-0.39, 0.29) is 41.0 Å². The van der Waals surface area contributed by atoms with Crippen molar-refractivity contribution in [1.82, 2.24) is 19.4 Å². The van der Waals surface area contributed by atoms with Crippen LogP contribution in [0, 0.1) is 0 Å². The number of benzene rings is 1. The Bertz CT molecular complexity index is 1980. The van der Waals surface area contributed by atoms with Crippen LogP contribution in [0.5, 0.6) is 0 Å². The van der Waals surface area contributed by atoms with E-state index < -0.39 is 11.6 Å². The van der Waals surface area contributed by atoms with Crippen LogP contribution in [0.15, 0.2) is 62.5 Å². The van der Waals surface area contributed by atoms with Gasteiger partial charge in [-0.2, -0.15) is 4.98 Å². The summed E-state index contributed by atoms with van der Waals surface area (Å²) in [5.41, 5.74) is 2.85. The number of nitrogens with zero attached hydrogens (tertiary/aromatic N) is 5. The predicted molar refractivity (Wildman–Crippen MR) is 176 cm³/mol. The summed E-state index contributed by atoms with van der Waals surface area (Å²) in [5.74, 6) is 0.138. The number of fused-ring (bicyclic) bond motifs is 2. The number of amides is 1. The van der Waals surface area contributed by atoms with Crippen molar-refractivity contribution in [2.24, 2.45) is 0 Å². The second-order valence-corrected chi connectivity index (χ2v) is 12.9. The fraction of sp³-hybridized carbons (Fsp3) is 0.382. The number of carbonyl (C=O) groups excluding carboxylic acids is 2. The van der Waals surface area contributed by atoms with E-state index in [1.54, 1.807) is 53.0 Å². The molecule has 4 heterocycles. The number of rotatable bonds is 8. The van der Waals surface area contributed by atoms with Gasteiger partial charge in [-0.15, -0.1) is 0 Å². The van der Waals surface area contributed by atoms with Gasteiger partial charge in [0.1, 0.15) is 29.8 Å². The molecule has 46 heavy (non-hydrogen) atoms. The van der Waals surface area contributed by atoms with Crippen molar-refractivity contribution in [2.45, 2.75) is 58.1 Å². The second kappa shape index (κ2) is 12.0. The highest BCUT2D eigenvalue weighted by molar-refractivity contribution is 5.98. The van der Waals surface area contributed by atoms with Gasteiger partial charge in [-0.25, -0.2) is 4.98 Å². The zero-order valence-corrected chi connectivity index (χ0v) is 26.9. The second-order valence-electron chi connectivity index (χ2n) is 12.9. The van der Waals surface area contributed by atoms with Gasteiger partial charge in [0.25, 0.3) is 5.91 Å². The highest BCUT2D eigenvalue weighted by Gasteiger charge is 2.27. The minimum absolute atomic E-state index is 0.0561. The van der Waals surface area contributed by atoms with Gasteiger partial charge in [0.05, 0.1) is 11.6 Å². The van der Waals surface area contributed by atoms with Gasteiger partial charge in [-0.05, 0) is 57.4 Å². The number of carbonyl (C=O) groups is 2. The van der Waals surface area contributed by atoms with Gasteiger partial charge < -0.3 is 33.3 Å². The maximum atomic E-state index is 13.0. The van der Waals surface area contributed by atoms with Crippen LogP contribution in [-0.4, -0.2) is 64.6 Å². The number of nitrogens with one attached hydrogen (secondary N) is 1. The van der Waals surface area contributed by atoms with E-state index in [1.165, 1.54) is 17.2 Å². The maximum Gasteiger partial charge on any atom is 0.326 e. The number of likely N-dealkylation sites (N-methyl/N-ethyl adjacent to an activating group) is 1. The fourth-order valence-electron chi connectivity index (χ4n) is 5.82. The van der Waals surface area contributed by atoms with E-state index >= 15 is 0 Å². The topological polar surface area (TPSA) is 136 Å². The highest BCUT2D eigenvalue weighted by atomic mass is 16.6. The molecule has 0 spiro atoms. The predicted octanol–water partition coefficient (Wildman–Crippen LogP) is 6.14. The number of esters is 1. The first-order valence-electron chi connectivity index (χ1n) is 15.3. The summed E-state index contributed by atoms with van der Waals surface area (Å²) in [7, 11) is 5.16. The lowest BCUT2D eigenvalue weighted by molar-refractivity contribution is -0.152. The minimum Gasteiger partial charge on any atom is -0.459 e. The molecule has 1 N–H and O–H groups in total. The minimum atomic E-state index is -0.628. The first-order chi connectivity index (χ1) is 21.9. The van der Waals surface area contributed by atoms with Crippen LogP contribution >= 0.6 is 0 Å². The van der Waals surface area contributed by atoms with Gasteiger partial charge in [-0.1, -0.05) is 25.0 Å². The van der Waals surface area contributed by atoms with E-state index in [0.717, 1.165) is 48.0 Å². The Hall–Kier alpha value is -5.13. The summed E-state index contributed by atoms with van der Waals surface area (Å²) in [4.78, 5) is 50.7. The molecule has 1 aliphatic carbocycles. The molecular weight excluding hydrogens is 588 g/mol. The van der Waals surface area contributed by atoms with Crippen LogP contribution in [0.2, 0.25) is 0 Å². The number of furan rings is 1. The Balaban J connectivity index is 1.25. The molecule has 12 nitrogen and oxygen atoms in total. The first kappa shape index (κ1) is 30.9. The molecule has 0 aliphatic heterocycles. The SMILES string of the molecule is CN(C)C(=O)c1cc2cnc(Nc3ccc(-c4coc5c(=O)cc(N(C)CC(=O)OC(C)(C)C)oc45)cc3)nc2n1C1CCCC1. The summed E-state index contributed by atoms with van der Waals surface area (Å²) in [6, 6.07) is 10.9. The zero-order valence-electron chi connectivity index (χ0n) is 26.9. The zero-order chi connectivity index (χ0) is 32.7. The molecule has 0 unspecified atom stereocenters. The van der Waals surface area contributed by atoms with Gasteiger partial charge in [0.2, 0.25) is 22.8 Å². The van der Waals surface area contributed by atoms with E-state index in [0.29, 0.717) is 17.2 Å². The molecule has 6 rings (SSSR count). The molecule has 5 aromatic rings. The van der Waals surface area contributed by atoms with E-state index in [1.807, 2.05) is 30.3 Å². The van der Waals surface area contributed by atoms with Crippen LogP contribution in [-0.2, 0) is 9.53 Å². The summed E-state index contributed by atoms with van der Waals surface area (Å²) >= 11 is 0. The van der Waals surface area contributed by atoms with Crippen LogP contribution in [0.4, 0.5) is 17.5 Å². The fourth-order valence-corrected chi connectivity index (χ4v) is 5.82. The molecule has 240 valence electrons. The molecule has 1 aliphatic rings. The largest absolute Gasteiger partial charge is 0.459 e. The third kappa shape index (κ3) is 6.19. The third-order valence-electron chi connectivity index (χ3n) is 7.94. The lowest BCUT2D eigenvalue weighted by Crippen LogP contribution is -2.33. The van der Waals surface area contributed by atoms with Gasteiger partial charge in [-0.3, -0.25) is 14.4 Å². The summed E-state index contributed by atoms with van der Waals surface area (Å²) in [6.07, 6.45) is 7.50. The molecule has 0 bridgehead atoms. The Morgan fingerprint density at radius 3 is 2.46 bits per heavy atom. The normalized spacial score (nSPS) is 13.8. The van der Waals surface area contributed by atoms with E-state index in [9.17, 15) is 14.4 Å². The van der Waals surface area contributed by atoms with Crippen molar-refractivity contribution in [3.05, 3.63) is 64.8 Å². The highest BCUT2D eigenvalue weighted by Crippen LogP contribution is 2.36. The monoisotopic (exact) mass is 626 g/mol. The van der Waals surface area contributed by atoms with Crippen molar-refractivity contribution in [1.29, 1.82) is 0 Å². The Morgan fingerprint density at radius 1 is 1.07 bits per heavy atom. The molecule has 1 amide bonds. The van der Waals surface area contributed by atoms with Crippen LogP contribution in [0.25, 0.3) is 33.3 Å². The molecular formula is C34H38N6O6. The van der Waals surface area contributed by atoms with Crippen molar-refractivity contribution in [2.75, 3.05) is 37.9 Å². The molecule has 0 atom stereocenters. The first-order valence-corrected chi connectivity index (χ1v) is 15.3. The summed E-state index contributed by atoms with van der Waals surface area (Å²) in [6.45, 7) is 5.29. The average Bonchev–Trinajstić information content (AvgIpc) is 3.75. The van der Waals surface area contributed by atoms with Gasteiger partial charge in [0.15, 0.2) is 5.58 Å². The molecule has 1 saturated carbocycles. The third-order valence-corrected chi connectivity index (χ3v) is 7.94. The van der Waals surface area contributed by atoms with E-state index in [4.69, 9.17) is 18.6 Å². The lowest BCUT2D eigenvalue weighted by atomic mass is 10.1. The van der Waals surface area contributed by atoms with Crippen LogP contribution in [0.1, 0.15) is 63.0 Å². The number of hydrogen-bond acceptors (Lipinski definition) is 10. The molecule has 4 aromatic heterocycles. The molecule has 1 fully saturated rings. The Labute approximate surface area is 266 Å². The molecule has 0 radical (unpaired) electrons. The molecule has 1 aromatic carbocycles.